The van der Waals surface area contributed by atoms with Crippen molar-refractivity contribution >= 4 is 17.8 Å². The van der Waals surface area contributed by atoms with Crippen LogP contribution in [0, 0.1) is 0 Å². The van der Waals surface area contributed by atoms with Crippen LogP contribution in [0.1, 0.15) is 117 Å². The first-order valence-corrected chi connectivity index (χ1v) is 14.5. The number of ether oxygens (including phenoxy) is 2. The molecular weight excluding hydrogens is 460 g/mol. The average Bonchev–Trinajstić information content (AvgIpc) is 2.86. The molecule has 0 spiro atoms. The molecule has 0 aliphatic carbocycles. The fourth-order valence-electron chi connectivity index (χ4n) is 3.88. The Bertz CT molecular complexity index is 508. The summed E-state index contributed by atoms with van der Waals surface area (Å²) in [6.07, 6.45) is 16.7. The number of aliphatic hydroxyl groups is 1. The van der Waals surface area contributed by atoms with Crippen LogP contribution in [0.3, 0.4) is 0 Å². The summed E-state index contributed by atoms with van der Waals surface area (Å²) in [5, 5.41) is 11.8. The number of amides is 1. The van der Waals surface area contributed by atoms with Gasteiger partial charge in [-0.3, -0.25) is 14.4 Å². The Morgan fingerprint density at radius 3 is 1.50 bits per heavy atom. The molecule has 8 nitrogen and oxygen atoms in total. The molecule has 0 aliphatic rings. The lowest BCUT2D eigenvalue weighted by Crippen LogP contribution is -2.42. The van der Waals surface area contributed by atoms with Gasteiger partial charge in [-0.1, -0.05) is 90.9 Å². The maximum Gasteiger partial charge on any atom is 0.305 e. The number of aliphatic hydroxyl groups excluding tert-OH is 1. The average molecular weight is 515 g/mol. The fourth-order valence-corrected chi connectivity index (χ4v) is 3.88. The van der Waals surface area contributed by atoms with E-state index in [1.54, 1.807) is 0 Å². The molecule has 1 amide bonds. The molecule has 0 aliphatic heterocycles. The van der Waals surface area contributed by atoms with Gasteiger partial charge < -0.3 is 24.8 Å². The van der Waals surface area contributed by atoms with E-state index < -0.39 is 0 Å². The van der Waals surface area contributed by atoms with Crippen LogP contribution in [-0.2, 0) is 23.9 Å². The van der Waals surface area contributed by atoms with Crippen LogP contribution in [0.25, 0.3) is 0 Å². The van der Waals surface area contributed by atoms with Crippen molar-refractivity contribution in [1.29, 1.82) is 0 Å². The predicted octanol–water partition coefficient (Wildman–Crippen LogP) is 4.76. The zero-order valence-electron chi connectivity index (χ0n) is 23.2. The number of nitrogens with zero attached hydrogens (tertiary/aromatic N) is 1. The minimum atomic E-state index is -0.240. The molecule has 8 heteroatoms. The number of carbonyl (C=O) groups excluding carboxylic acids is 3. The Morgan fingerprint density at radius 1 is 0.667 bits per heavy atom. The van der Waals surface area contributed by atoms with Gasteiger partial charge in [-0.2, -0.15) is 0 Å². The Labute approximate surface area is 219 Å². The lowest BCUT2D eigenvalue weighted by atomic mass is 10.1. The van der Waals surface area contributed by atoms with Crippen molar-refractivity contribution in [3.63, 3.8) is 0 Å². The van der Waals surface area contributed by atoms with Gasteiger partial charge in [0.1, 0.15) is 13.2 Å². The van der Waals surface area contributed by atoms with Gasteiger partial charge in [0.15, 0.2) is 0 Å². The van der Waals surface area contributed by atoms with Crippen LogP contribution in [-0.4, -0.2) is 73.9 Å². The van der Waals surface area contributed by atoms with E-state index in [0.29, 0.717) is 19.4 Å². The van der Waals surface area contributed by atoms with Gasteiger partial charge in [-0.25, -0.2) is 0 Å². The molecule has 0 aromatic rings. The van der Waals surface area contributed by atoms with Crippen molar-refractivity contribution in [3.05, 3.63) is 0 Å². The van der Waals surface area contributed by atoms with Gasteiger partial charge in [0, 0.05) is 19.4 Å². The molecule has 0 saturated heterocycles. The first kappa shape index (κ1) is 34.3. The highest BCUT2D eigenvalue weighted by Gasteiger charge is 2.15. The molecule has 0 aromatic carbocycles. The zero-order chi connectivity index (χ0) is 26.7. The summed E-state index contributed by atoms with van der Waals surface area (Å²) >= 11 is 0. The van der Waals surface area contributed by atoms with Crippen LogP contribution >= 0.6 is 0 Å². The minimum absolute atomic E-state index is 0.0558. The Kier molecular flexibility index (Phi) is 25.2. The summed E-state index contributed by atoms with van der Waals surface area (Å²) in [4.78, 5) is 38.1. The maximum absolute atomic E-state index is 12.5. The Balaban J connectivity index is 4.16. The van der Waals surface area contributed by atoms with E-state index in [1.807, 2.05) is 0 Å². The number of hydrogen-bond acceptors (Lipinski definition) is 7. The zero-order valence-corrected chi connectivity index (χ0v) is 23.2. The number of hydrogen-bond donors (Lipinski definition) is 2. The first-order chi connectivity index (χ1) is 17.5. The number of nitrogens with one attached hydrogen (secondary N) is 1. The summed E-state index contributed by atoms with van der Waals surface area (Å²) in [7, 11) is 0. The van der Waals surface area contributed by atoms with E-state index in [0.717, 1.165) is 38.5 Å². The van der Waals surface area contributed by atoms with Gasteiger partial charge in [0.25, 0.3) is 0 Å². The van der Waals surface area contributed by atoms with Gasteiger partial charge in [0.2, 0.25) is 5.91 Å². The van der Waals surface area contributed by atoms with Crippen LogP contribution in [0.2, 0.25) is 0 Å². The lowest BCUT2D eigenvalue weighted by molar-refractivity contribution is -0.147. The molecule has 0 heterocycles. The SMILES string of the molecule is CCCCCCCCCC(=O)OCCN(CCOC(=O)CCCCCCCCC)C(=O)CNCCO. The summed E-state index contributed by atoms with van der Waals surface area (Å²) < 4.78 is 10.6. The maximum atomic E-state index is 12.5. The monoisotopic (exact) mass is 514 g/mol. The molecular formula is C28H54N2O6. The standard InChI is InChI=1S/C28H54N2O6/c1-3-5-7-9-11-13-15-17-27(33)35-23-20-30(26(32)25-29-19-22-31)21-24-36-28(34)18-16-14-12-10-8-6-4-2/h29,31H,3-25H2,1-2H3. The normalized spacial score (nSPS) is 10.9. The molecule has 0 saturated carbocycles. The summed E-state index contributed by atoms with van der Waals surface area (Å²) in [5.74, 6) is -0.666. The van der Waals surface area contributed by atoms with Crippen molar-refractivity contribution in [3.8, 4) is 0 Å². The molecule has 0 bridgehead atoms. The van der Waals surface area contributed by atoms with E-state index in [1.165, 1.54) is 56.3 Å². The highest BCUT2D eigenvalue weighted by atomic mass is 16.5. The van der Waals surface area contributed by atoms with Gasteiger partial charge in [-0.05, 0) is 12.8 Å². The molecule has 36 heavy (non-hydrogen) atoms. The third-order valence-electron chi connectivity index (χ3n) is 6.13. The van der Waals surface area contributed by atoms with Crippen molar-refractivity contribution < 1.29 is 29.0 Å². The third kappa shape index (κ3) is 22.8. The molecule has 0 radical (unpaired) electrons. The number of unbranched alkanes of at least 4 members (excludes halogenated alkanes) is 12. The number of esters is 2. The topological polar surface area (TPSA) is 105 Å². The highest BCUT2D eigenvalue weighted by molar-refractivity contribution is 5.78. The second kappa shape index (κ2) is 26.4. The van der Waals surface area contributed by atoms with Crippen molar-refractivity contribution in [1.82, 2.24) is 10.2 Å². The van der Waals surface area contributed by atoms with Gasteiger partial charge in [-0.15, -0.1) is 0 Å². The summed E-state index contributed by atoms with van der Waals surface area (Å²) in [6, 6.07) is 0. The molecule has 0 unspecified atom stereocenters. The second-order valence-electron chi connectivity index (χ2n) is 9.46. The molecule has 0 aromatic heterocycles. The van der Waals surface area contributed by atoms with Crippen molar-refractivity contribution in [2.24, 2.45) is 0 Å². The van der Waals surface area contributed by atoms with Crippen LogP contribution < -0.4 is 5.32 Å². The van der Waals surface area contributed by atoms with E-state index in [4.69, 9.17) is 14.6 Å². The van der Waals surface area contributed by atoms with E-state index >= 15 is 0 Å². The van der Waals surface area contributed by atoms with Crippen LogP contribution in [0.4, 0.5) is 0 Å². The van der Waals surface area contributed by atoms with E-state index in [-0.39, 0.29) is 57.3 Å². The lowest BCUT2D eigenvalue weighted by Gasteiger charge is -2.22. The van der Waals surface area contributed by atoms with Crippen molar-refractivity contribution in [2.75, 3.05) is 46.0 Å². The second-order valence-corrected chi connectivity index (χ2v) is 9.46. The highest BCUT2D eigenvalue weighted by Crippen LogP contribution is 2.10. The molecule has 0 atom stereocenters. The van der Waals surface area contributed by atoms with E-state index in [2.05, 4.69) is 19.2 Å². The van der Waals surface area contributed by atoms with Gasteiger partial charge in [0.05, 0.1) is 26.2 Å². The third-order valence-corrected chi connectivity index (χ3v) is 6.13. The molecule has 0 fully saturated rings. The Hall–Kier alpha value is -1.67. The quantitative estimate of drug-likeness (QED) is 0.127. The molecule has 2 N–H and O–H groups in total. The van der Waals surface area contributed by atoms with Crippen LogP contribution in [0.5, 0.6) is 0 Å². The minimum Gasteiger partial charge on any atom is -0.464 e. The van der Waals surface area contributed by atoms with Gasteiger partial charge >= 0.3 is 11.9 Å². The number of rotatable bonds is 26. The van der Waals surface area contributed by atoms with E-state index in [9.17, 15) is 14.4 Å². The predicted molar refractivity (Wildman–Crippen MR) is 144 cm³/mol. The van der Waals surface area contributed by atoms with Crippen LogP contribution in [0.15, 0.2) is 0 Å². The smallest absolute Gasteiger partial charge is 0.305 e. The molecule has 212 valence electrons. The van der Waals surface area contributed by atoms with Crippen molar-refractivity contribution in [2.45, 2.75) is 117 Å². The fraction of sp³-hybridized carbons (Fsp3) is 0.893. The first-order valence-electron chi connectivity index (χ1n) is 14.5. The molecule has 0 rings (SSSR count). The largest absolute Gasteiger partial charge is 0.464 e. The summed E-state index contributed by atoms with van der Waals surface area (Å²) in [6.45, 7) is 5.45. The summed E-state index contributed by atoms with van der Waals surface area (Å²) in [5.41, 5.74) is 0. The Morgan fingerprint density at radius 2 is 1.08 bits per heavy atom. The number of carbonyl (C=O) groups is 3.